The van der Waals surface area contributed by atoms with E-state index in [1.54, 1.807) is 12.1 Å². The first-order valence-electron chi connectivity index (χ1n) is 9.84. The summed E-state index contributed by atoms with van der Waals surface area (Å²) in [7, 11) is 0. The number of nitrogens with zero attached hydrogens (tertiary/aromatic N) is 2. The molecule has 0 unspecified atom stereocenters. The van der Waals surface area contributed by atoms with Crippen LogP contribution < -0.4 is 10.1 Å². The predicted octanol–water partition coefficient (Wildman–Crippen LogP) is 3.83. The second kappa shape index (κ2) is 9.23. The summed E-state index contributed by atoms with van der Waals surface area (Å²) in [5.41, 5.74) is 1.72. The third kappa shape index (κ3) is 4.77. The Bertz CT molecular complexity index is 1020. The van der Waals surface area contributed by atoms with E-state index in [0.29, 0.717) is 5.69 Å². The molecule has 8 heteroatoms. The van der Waals surface area contributed by atoms with Crippen LogP contribution >= 0.6 is 0 Å². The highest BCUT2D eigenvalue weighted by Crippen LogP contribution is 2.24. The van der Waals surface area contributed by atoms with Crippen molar-refractivity contribution in [3.05, 3.63) is 60.3 Å². The number of morpholine rings is 1. The van der Waals surface area contributed by atoms with Gasteiger partial charge >= 0.3 is 6.61 Å². The van der Waals surface area contributed by atoms with Crippen LogP contribution in [0.5, 0.6) is 5.75 Å². The number of carbonyl (C=O) groups excluding carboxylic acids is 1. The molecular weight excluding hydrogens is 392 g/mol. The zero-order chi connectivity index (χ0) is 20.9. The van der Waals surface area contributed by atoms with Gasteiger partial charge in [-0.15, -0.1) is 0 Å². The van der Waals surface area contributed by atoms with Gasteiger partial charge in [-0.3, -0.25) is 9.69 Å². The Kier molecular flexibility index (Phi) is 6.25. The van der Waals surface area contributed by atoms with Gasteiger partial charge in [-0.2, -0.15) is 8.78 Å². The van der Waals surface area contributed by atoms with E-state index in [0.717, 1.165) is 50.3 Å². The van der Waals surface area contributed by atoms with Crippen molar-refractivity contribution >= 4 is 22.5 Å². The number of ether oxygens (including phenoxy) is 2. The summed E-state index contributed by atoms with van der Waals surface area (Å²) in [6, 6.07) is 13.6. The lowest BCUT2D eigenvalue weighted by molar-refractivity contribution is -0.0501. The van der Waals surface area contributed by atoms with Crippen LogP contribution in [0.4, 0.5) is 14.5 Å². The lowest BCUT2D eigenvalue weighted by atomic mass is 10.1. The van der Waals surface area contributed by atoms with E-state index in [4.69, 9.17) is 4.74 Å². The van der Waals surface area contributed by atoms with Crippen LogP contribution in [0.15, 0.2) is 54.7 Å². The molecule has 1 aliphatic rings. The van der Waals surface area contributed by atoms with Crippen LogP contribution in [0.1, 0.15) is 10.4 Å². The third-order valence-electron chi connectivity index (χ3n) is 5.14. The van der Waals surface area contributed by atoms with Gasteiger partial charge in [0.2, 0.25) is 0 Å². The number of fused-ring (bicyclic) bond motifs is 1. The van der Waals surface area contributed by atoms with Crippen molar-refractivity contribution < 1.29 is 23.0 Å². The topological polar surface area (TPSA) is 55.7 Å². The molecule has 0 saturated carbocycles. The smallest absolute Gasteiger partial charge is 0.387 e. The minimum absolute atomic E-state index is 0.0565. The number of aromatic nitrogens is 1. The van der Waals surface area contributed by atoms with E-state index in [-0.39, 0.29) is 11.3 Å². The largest absolute Gasteiger partial charge is 0.434 e. The van der Waals surface area contributed by atoms with Crippen LogP contribution in [-0.2, 0) is 11.3 Å². The van der Waals surface area contributed by atoms with Gasteiger partial charge in [0.15, 0.2) is 0 Å². The quantitative estimate of drug-likeness (QED) is 0.637. The summed E-state index contributed by atoms with van der Waals surface area (Å²) in [6.07, 6.45) is 2.03. The molecule has 4 rings (SSSR count). The number of alkyl halides is 2. The maximum absolute atomic E-state index is 12.6. The maximum atomic E-state index is 12.6. The second-order valence-electron chi connectivity index (χ2n) is 7.07. The standard InChI is InChI=1S/C22H23F2N3O3/c23-22(24)30-20-4-2-1-3-18(20)21(28)25-17-5-6-19-16(15-17)7-8-27(19)10-9-26-11-13-29-14-12-26/h1-8,15,22H,9-14H2,(H,25,28). The third-order valence-corrected chi connectivity index (χ3v) is 5.14. The molecule has 0 aliphatic carbocycles. The minimum atomic E-state index is -2.99. The number of hydrogen-bond donors (Lipinski definition) is 1. The van der Waals surface area contributed by atoms with Crippen molar-refractivity contribution in [2.24, 2.45) is 0 Å². The summed E-state index contributed by atoms with van der Waals surface area (Å²) >= 11 is 0. The molecular formula is C22H23F2N3O3. The first kappa shape index (κ1) is 20.3. The zero-order valence-electron chi connectivity index (χ0n) is 16.4. The van der Waals surface area contributed by atoms with Crippen LogP contribution in [0, 0.1) is 0 Å². The summed E-state index contributed by atoms with van der Waals surface area (Å²) in [4.78, 5) is 15.0. The van der Waals surface area contributed by atoms with Crippen molar-refractivity contribution in [2.45, 2.75) is 13.2 Å². The van der Waals surface area contributed by atoms with E-state index in [1.165, 1.54) is 12.1 Å². The predicted molar refractivity (Wildman–Crippen MR) is 110 cm³/mol. The van der Waals surface area contributed by atoms with Crippen LogP contribution in [0.2, 0.25) is 0 Å². The number of benzene rings is 2. The van der Waals surface area contributed by atoms with Gasteiger partial charge in [0.1, 0.15) is 5.75 Å². The zero-order valence-corrected chi connectivity index (χ0v) is 16.4. The Hall–Kier alpha value is -2.97. The normalized spacial score (nSPS) is 14.9. The van der Waals surface area contributed by atoms with E-state index in [1.807, 2.05) is 30.5 Å². The number of nitrogens with one attached hydrogen (secondary N) is 1. The van der Waals surface area contributed by atoms with E-state index >= 15 is 0 Å². The summed E-state index contributed by atoms with van der Waals surface area (Å²) < 4.78 is 37.2. The second-order valence-corrected chi connectivity index (χ2v) is 7.07. The van der Waals surface area contributed by atoms with Gasteiger partial charge < -0.3 is 19.4 Å². The summed E-state index contributed by atoms with van der Waals surface area (Å²) in [6.45, 7) is 2.29. The molecule has 1 aliphatic heterocycles. The molecule has 0 radical (unpaired) electrons. The van der Waals surface area contributed by atoms with Crippen LogP contribution in [0.3, 0.4) is 0 Å². The highest BCUT2D eigenvalue weighted by Gasteiger charge is 2.16. The number of rotatable bonds is 7. The average molecular weight is 415 g/mol. The first-order valence-corrected chi connectivity index (χ1v) is 9.84. The van der Waals surface area contributed by atoms with E-state index in [2.05, 4.69) is 19.5 Å². The number of anilines is 1. The number of amides is 1. The fourth-order valence-corrected chi connectivity index (χ4v) is 3.60. The molecule has 158 valence electrons. The molecule has 1 amide bonds. The van der Waals surface area contributed by atoms with Crippen LogP contribution in [-0.4, -0.2) is 54.8 Å². The lowest BCUT2D eigenvalue weighted by Crippen LogP contribution is -2.38. The number of halogens is 2. The van der Waals surface area contributed by atoms with Gasteiger partial charge in [-0.1, -0.05) is 12.1 Å². The Labute approximate surface area is 173 Å². The van der Waals surface area contributed by atoms with E-state index < -0.39 is 12.5 Å². The molecule has 1 N–H and O–H groups in total. The van der Waals surface area contributed by atoms with Gasteiger partial charge in [-0.05, 0) is 36.4 Å². The first-order chi connectivity index (χ1) is 14.6. The summed E-state index contributed by atoms with van der Waals surface area (Å²) in [5.74, 6) is -0.655. The molecule has 1 fully saturated rings. The fraction of sp³-hybridized carbons (Fsp3) is 0.318. The Morgan fingerprint density at radius 2 is 1.90 bits per heavy atom. The van der Waals surface area contributed by atoms with Crippen molar-refractivity contribution in [1.29, 1.82) is 0 Å². The molecule has 0 spiro atoms. The minimum Gasteiger partial charge on any atom is -0.434 e. The Morgan fingerprint density at radius 1 is 1.10 bits per heavy atom. The fourth-order valence-electron chi connectivity index (χ4n) is 3.60. The number of para-hydroxylation sites is 1. The van der Waals surface area contributed by atoms with Crippen molar-refractivity contribution in [1.82, 2.24) is 9.47 Å². The molecule has 0 atom stereocenters. The monoisotopic (exact) mass is 415 g/mol. The van der Waals surface area contributed by atoms with Crippen LogP contribution in [0.25, 0.3) is 10.9 Å². The molecule has 2 heterocycles. The lowest BCUT2D eigenvalue weighted by Gasteiger charge is -2.26. The van der Waals surface area contributed by atoms with Crippen molar-refractivity contribution in [2.75, 3.05) is 38.2 Å². The Balaban J connectivity index is 1.45. The molecule has 30 heavy (non-hydrogen) atoms. The molecule has 3 aromatic rings. The van der Waals surface area contributed by atoms with E-state index in [9.17, 15) is 13.6 Å². The van der Waals surface area contributed by atoms with Crippen molar-refractivity contribution in [3.63, 3.8) is 0 Å². The average Bonchev–Trinajstić information content (AvgIpc) is 3.15. The van der Waals surface area contributed by atoms with Gasteiger partial charge in [0.05, 0.1) is 18.8 Å². The van der Waals surface area contributed by atoms with Gasteiger partial charge in [0, 0.05) is 49.0 Å². The Morgan fingerprint density at radius 3 is 2.70 bits per heavy atom. The van der Waals surface area contributed by atoms with Gasteiger partial charge in [0.25, 0.3) is 5.91 Å². The SMILES string of the molecule is O=C(Nc1ccc2c(ccn2CCN2CCOCC2)c1)c1ccccc1OC(F)F. The highest BCUT2D eigenvalue weighted by molar-refractivity contribution is 6.06. The van der Waals surface area contributed by atoms with Crippen molar-refractivity contribution in [3.8, 4) is 5.75 Å². The molecule has 0 bridgehead atoms. The maximum Gasteiger partial charge on any atom is 0.387 e. The molecule has 6 nitrogen and oxygen atoms in total. The highest BCUT2D eigenvalue weighted by atomic mass is 19.3. The van der Waals surface area contributed by atoms with Gasteiger partial charge in [-0.25, -0.2) is 0 Å². The number of hydrogen-bond acceptors (Lipinski definition) is 4. The number of carbonyl (C=O) groups is 1. The summed E-state index contributed by atoms with van der Waals surface area (Å²) in [5, 5.41) is 3.75. The molecule has 2 aromatic carbocycles. The molecule has 1 aromatic heterocycles. The molecule has 1 saturated heterocycles.